The summed E-state index contributed by atoms with van der Waals surface area (Å²) in [6.07, 6.45) is 2.70. The van der Waals surface area contributed by atoms with Crippen LogP contribution >= 0.6 is 11.8 Å². The predicted octanol–water partition coefficient (Wildman–Crippen LogP) is 1.12. The molecule has 0 saturated carbocycles. The Kier molecular flexibility index (Phi) is 3.59. The van der Waals surface area contributed by atoms with Gasteiger partial charge in [-0.15, -0.1) is 10.2 Å². The summed E-state index contributed by atoms with van der Waals surface area (Å²) in [4.78, 5) is 11.9. The monoisotopic (exact) mass is 294 g/mol. The van der Waals surface area contributed by atoms with Gasteiger partial charge in [-0.2, -0.15) is 5.10 Å². The van der Waals surface area contributed by atoms with E-state index in [1.165, 1.54) is 11.8 Å². The van der Waals surface area contributed by atoms with Gasteiger partial charge in [0.1, 0.15) is 11.5 Å². The number of aromatic nitrogens is 4. The van der Waals surface area contributed by atoms with E-state index in [1.807, 2.05) is 4.68 Å². The zero-order valence-electron chi connectivity index (χ0n) is 10.9. The second-order valence-corrected chi connectivity index (χ2v) is 5.26. The van der Waals surface area contributed by atoms with E-state index in [-0.39, 0.29) is 11.7 Å². The number of rotatable bonds is 4. The third-order valence-electron chi connectivity index (χ3n) is 2.79. The van der Waals surface area contributed by atoms with Crippen LogP contribution in [0.2, 0.25) is 0 Å². The maximum atomic E-state index is 11.9. The van der Waals surface area contributed by atoms with Crippen molar-refractivity contribution in [3.8, 4) is 0 Å². The normalized spacial score (nSPS) is 13.7. The van der Waals surface area contributed by atoms with Crippen LogP contribution in [0.1, 0.15) is 12.3 Å². The Morgan fingerprint density at radius 3 is 3.30 bits per heavy atom. The molecule has 0 bridgehead atoms. The van der Waals surface area contributed by atoms with Crippen LogP contribution in [0.25, 0.3) is 0 Å². The van der Waals surface area contributed by atoms with Crippen molar-refractivity contribution in [3.05, 3.63) is 12.1 Å². The number of carbonyl (C=O) groups is 1. The van der Waals surface area contributed by atoms with Gasteiger partial charge in [0.15, 0.2) is 0 Å². The van der Waals surface area contributed by atoms with Crippen molar-refractivity contribution >= 4 is 29.2 Å². The fraction of sp³-hybridized carbons (Fsp3) is 0.455. The number of nitrogens with zero attached hydrogens (tertiary/aromatic N) is 4. The zero-order chi connectivity index (χ0) is 13.9. The van der Waals surface area contributed by atoms with Crippen molar-refractivity contribution in [1.29, 1.82) is 0 Å². The number of fused-ring (bicyclic) bond motifs is 1. The van der Waals surface area contributed by atoms with Crippen molar-refractivity contribution in [2.45, 2.75) is 25.1 Å². The highest BCUT2D eigenvalue weighted by Gasteiger charge is 2.16. The molecule has 20 heavy (non-hydrogen) atoms. The molecule has 1 amide bonds. The highest BCUT2D eigenvalue weighted by atomic mass is 32.2. The Bertz CT molecular complexity index is 622. The van der Waals surface area contributed by atoms with Crippen molar-refractivity contribution in [2.75, 3.05) is 22.9 Å². The molecule has 0 aliphatic carbocycles. The molecule has 9 heteroatoms. The summed E-state index contributed by atoms with van der Waals surface area (Å²) in [5.41, 5.74) is 0.706. The van der Waals surface area contributed by atoms with E-state index in [2.05, 4.69) is 25.9 Å². The Balaban J connectivity index is 1.57. The van der Waals surface area contributed by atoms with Crippen molar-refractivity contribution < 1.29 is 9.21 Å². The molecule has 2 aromatic heterocycles. The molecule has 0 unspecified atom stereocenters. The van der Waals surface area contributed by atoms with Crippen LogP contribution in [-0.4, -0.2) is 38.2 Å². The van der Waals surface area contributed by atoms with E-state index in [4.69, 9.17) is 4.42 Å². The Morgan fingerprint density at radius 1 is 1.60 bits per heavy atom. The topological polar surface area (TPSA) is 97.9 Å². The molecule has 0 saturated heterocycles. The zero-order valence-corrected chi connectivity index (χ0v) is 11.7. The van der Waals surface area contributed by atoms with Gasteiger partial charge in [-0.05, 0) is 6.42 Å². The van der Waals surface area contributed by atoms with Crippen LogP contribution in [0, 0.1) is 6.92 Å². The summed E-state index contributed by atoms with van der Waals surface area (Å²) in [6.45, 7) is 3.47. The molecule has 8 nitrogen and oxygen atoms in total. The van der Waals surface area contributed by atoms with Gasteiger partial charge in [-0.25, -0.2) is 4.68 Å². The average molecular weight is 294 g/mol. The van der Waals surface area contributed by atoms with Crippen LogP contribution in [0.5, 0.6) is 0 Å². The number of hydrogen-bond acceptors (Lipinski definition) is 7. The smallest absolute Gasteiger partial charge is 0.277 e. The number of aryl methyl sites for hydroxylation is 2. The summed E-state index contributed by atoms with van der Waals surface area (Å²) in [5.74, 6) is 1.44. The van der Waals surface area contributed by atoms with E-state index in [9.17, 15) is 4.79 Å². The molecule has 3 rings (SSSR count). The first-order valence-electron chi connectivity index (χ1n) is 6.25. The van der Waals surface area contributed by atoms with Crippen LogP contribution in [0.3, 0.4) is 0 Å². The van der Waals surface area contributed by atoms with Gasteiger partial charge in [0.05, 0.1) is 11.9 Å². The minimum atomic E-state index is -0.131. The average Bonchev–Trinajstić information content (AvgIpc) is 3.04. The first kappa shape index (κ1) is 13.0. The van der Waals surface area contributed by atoms with Crippen LogP contribution < -0.4 is 10.6 Å². The van der Waals surface area contributed by atoms with Gasteiger partial charge in [0, 0.05) is 20.0 Å². The standard InChI is InChI=1S/C11H14N6O2S/c1-7-15-16-11(19-7)20-6-9(18)14-8-5-13-17-4-2-3-12-10(8)17/h5,12H,2-4,6H2,1H3,(H,14,18). The Labute approximate surface area is 119 Å². The third-order valence-corrected chi connectivity index (χ3v) is 3.61. The minimum absolute atomic E-state index is 0.131. The van der Waals surface area contributed by atoms with E-state index in [0.29, 0.717) is 16.8 Å². The molecular formula is C11H14N6O2S. The molecule has 0 spiro atoms. The van der Waals surface area contributed by atoms with Gasteiger partial charge in [0.25, 0.3) is 5.22 Å². The van der Waals surface area contributed by atoms with Crippen molar-refractivity contribution in [1.82, 2.24) is 20.0 Å². The Hall–Kier alpha value is -2.03. The fourth-order valence-corrected chi connectivity index (χ4v) is 2.52. The summed E-state index contributed by atoms with van der Waals surface area (Å²) in [6, 6.07) is 0. The molecule has 0 radical (unpaired) electrons. The lowest BCUT2D eigenvalue weighted by molar-refractivity contribution is -0.113. The Morgan fingerprint density at radius 2 is 2.50 bits per heavy atom. The highest BCUT2D eigenvalue weighted by molar-refractivity contribution is 7.99. The lowest BCUT2D eigenvalue weighted by Gasteiger charge is -2.16. The first-order chi connectivity index (χ1) is 9.72. The minimum Gasteiger partial charge on any atom is -0.416 e. The van der Waals surface area contributed by atoms with E-state index < -0.39 is 0 Å². The van der Waals surface area contributed by atoms with Crippen LogP contribution in [0.15, 0.2) is 15.8 Å². The fourth-order valence-electron chi connectivity index (χ4n) is 1.92. The number of anilines is 2. The summed E-state index contributed by atoms with van der Waals surface area (Å²) in [5, 5.41) is 18.2. The van der Waals surface area contributed by atoms with Gasteiger partial charge in [-0.1, -0.05) is 11.8 Å². The molecule has 1 aliphatic rings. The summed E-state index contributed by atoms with van der Waals surface area (Å²) >= 11 is 1.21. The molecule has 0 fully saturated rings. The molecule has 106 valence electrons. The van der Waals surface area contributed by atoms with Crippen molar-refractivity contribution in [3.63, 3.8) is 0 Å². The number of amides is 1. The molecule has 2 aromatic rings. The van der Waals surface area contributed by atoms with Crippen LogP contribution in [0.4, 0.5) is 11.5 Å². The molecular weight excluding hydrogens is 280 g/mol. The highest BCUT2D eigenvalue weighted by Crippen LogP contribution is 2.24. The molecule has 0 aromatic carbocycles. The largest absolute Gasteiger partial charge is 0.416 e. The predicted molar refractivity (Wildman–Crippen MR) is 73.7 cm³/mol. The SMILES string of the molecule is Cc1nnc(SCC(=O)Nc2cnn3c2NCCC3)o1. The number of carbonyl (C=O) groups excluding carboxylic acids is 1. The molecule has 0 atom stereocenters. The lowest BCUT2D eigenvalue weighted by Crippen LogP contribution is -2.20. The summed E-state index contributed by atoms with van der Waals surface area (Å²) in [7, 11) is 0. The maximum Gasteiger partial charge on any atom is 0.277 e. The first-order valence-corrected chi connectivity index (χ1v) is 7.23. The quantitative estimate of drug-likeness (QED) is 0.815. The number of thioether (sulfide) groups is 1. The lowest BCUT2D eigenvalue weighted by atomic mass is 10.3. The third kappa shape index (κ3) is 2.77. The van der Waals surface area contributed by atoms with Gasteiger partial charge in [-0.3, -0.25) is 4.79 Å². The second kappa shape index (κ2) is 5.53. The molecule has 3 heterocycles. The summed E-state index contributed by atoms with van der Waals surface area (Å²) < 4.78 is 7.05. The maximum absolute atomic E-state index is 11.9. The number of nitrogens with one attached hydrogen (secondary N) is 2. The van der Waals surface area contributed by atoms with E-state index >= 15 is 0 Å². The van der Waals surface area contributed by atoms with E-state index in [0.717, 1.165) is 25.3 Å². The van der Waals surface area contributed by atoms with Crippen LogP contribution in [-0.2, 0) is 11.3 Å². The van der Waals surface area contributed by atoms with Gasteiger partial charge < -0.3 is 15.1 Å². The van der Waals surface area contributed by atoms with Crippen molar-refractivity contribution in [2.24, 2.45) is 0 Å². The second-order valence-electron chi connectivity index (χ2n) is 4.33. The van der Waals surface area contributed by atoms with Gasteiger partial charge in [0.2, 0.25) is 11.8 Å². The van der Waals surface area contributed by atoms with Gasteiger partial charge >= 0.3 is 0 Å². The molecule has 1 aliphatic heterocycles. The number of hydrogen-bond donors (Lipinski definition) is 2. The molecule has 2 N–H and O–H groups in total. The van der Waals surface area contributed by atoms with E-state index in [1.54, 1.807) is 13.1 Å².